The monoisotopic (exact) mass is 182 g/mol. The molecule has 0 saturated carbocycles. The smallest absolute Gasteiger partial charge is 0.234 e. The zero-order valence-electron chi connectivity index (χ0n) is 7.60. The highest BCUT2D eigenvalue weighted by Crippen LogP contribution is 2.00. The standard InChI is InChI=1S/C8H14N4O/c1-2-12-4-3-11-7(12)5-6(9)8(10)13/h3-4,6H,2,5,9H2,1H3,(H2,10,13). The zero-order chi connectivity index (χ0) is 9.84. The van der Waals surface area contributed by atoms with Gasteiger partial charge >= 0.3 is 0 Å². The number of aromatic nitrogens is 2. The van der Waals surface area contributed by atoms with Gasteiger partial charge in [-0.1, -0.05) is 0 Å². The van der Waals surface area contributed by atoms with Crippen LogP contribution >= 0.6 is 0 Å². The predicted molar refractivity (Wildman–Crippen MR) is 48.8 cm³/mol. The van der Waals surface area contributed by atoms with Crippen molar-refractivity contribution in [2.24, 2.45) is 11.5 Å². The Balaban J connectivity index is 2.68. The number of amides is 1. The van der Waals surface area contributed by atoms with E-state index in [4.69, 9.17) is 11.5 Å². The average Bonchev–Trinajstić information content (AvgIpc) is 2.51. The van der Waals surface area contributed by atoms with Gasteiger partial charge in [0.1, 0.15) is 5.82 Å². The fourth-order valence-electron chi connectivity index (χ4n) is 1.12. The molecule has 0 aromatic carbocycles. The van der Waals surface area contributed by atoms with E-state index >= 15 is 0 Å². The van der Waals surface area contributed by atoms with Crippen LogP contribution in [0.1, 0.15) is 12.7 Å². The Labute approximate surface area is 76.7 Å². The van der Waals surface area contributed by atoms with Crippen LogP contribution in [0.25, 0.3) is 0 Å². The first-order chi connectivity index (χ1) is 6.15. The molecule has 13 heavy (non-hydrogen) atoms. The van der Waals surface area contributed by atoms with Gasteiger partial charge in [0.25, 0.3) is 0 Å². The van der Waals surface area contributed by atoms with Gasteiger partial charge in [0, 0.05) is 25.4 Å². The van der Waals surface area contributed by atoms with Crippen molar-refractivity contribution in [3.63, 3.8) is 0 Å². The fraction of sp³-hybridized carbons (Fsp3) is 0.500. The highest BCUT2D eigenvalue weighted by molar-refractivity contribution is 5.79. The van der Waals surface area contributed by atoms with E-state index in [0.717, 1.165) is 12.4 Å². The molecule has 0 saturated heterocycles. The number of carbonyl (C=O) groups excluding carboxylic acids is 1. The predicted octanol–water partition coefficient (Wildman–Crippen LogP) is -0.742. The van der Waals surface area contributed by atoms with Crippen molar-refractivity contribution >= 4 is 5.91 Å². The maximum atomic E-state index is 10.7. The quantitative estimate of drug-likeness (QED) is 0.642. The van der Waals surface area contributed by atoms with Gasteiger partial charge in [-0.2, -0.15) is 0 Å². The van der Waals surface area contributed by atoms with Crippen LogP contribution in [-0.4, -0.2) is 21.5 Å². The number of hydrogen-bond acceptors (Lipinski definition) is 3. The summed E-state index contributed by atoms with van der Waals surface area (Å²) in [4.78, 5) is 14.8. The molecule has 0 aliphatic rings. The summed E-state index contributed by atoms with van der Waals surface area (Å²) in [5.74, 6) is 0.305. The molecule has 1 aromatic heterocycles. The molecule has 0 aliphatic carbocycles. The molecule has 0 fully saturated rings. The molecular formula is C8H14N4O. The van der Waals surface area contributed by atoms with Crippen molar-refractivity contribution in [2.75, 3.05) is 0 Å². The third-order valence-corrected chi connectivity index (χ3v) is 1.91. The third-order valence-electron chi connectivity index (χ3n) is 1.91. The van der Waals surface area contributed by atoms with Crippen LogP contribution < -0.4 is 11.5 Å². The van der Waals surface area contributed by atoms with E-state index in [1.165, 1.54) is 0 Å². The van der Waals surface area contributed by atoms with Crippen molar-refractivity contribution in [1.82, 2.24) is 9.55 Å². The number of imidazole rings is 1. The molecule has 1 atom stereocenters. The van der Waals surface area contributed by atoms with E-state index in [1.54, 1.807) is 6.20 Å². The number of aryl methyl sites for hydroxylation is 1. The zero-order valence-corrected chi connectivity index (χ0v) is 7.60. The SMILES string of the molecule is CCn1ccnc1CC(N)C(N)=O. The second-order valence-electron chi connectivity index (χ2n) is 2.84. The summed E-state index contributed by atoms with van der Waals surface area (Å²) in [6.45, 7) is 2.82. The Morgan fingerprint density at radius 2 is 2.46 bits per heavy atom. The van der Waals surface area contributed by atoms with Crippen LogP contribution in [0, 0.1) is 0 Å². The first-order valence-electron chi connectivity index (χ1n) is 4.20. The Morgan fingerprint density at radius 3 is 3.00 bits per heavy atom. The molecular weight excluding hydrogens is 168 g/mol. The lowest BCUT2D eigenvalue weighted by atomic mass is 10.2. The molecule has 5 nitrogen and oxygen atoms in total. The molecule has 0 aliphatic heterocycles. The molecule has 1 unspecified atom stereocenters. The van der Waals surface area contributed by atoms with Crippen molar-refractivity contribution in [1.29, 1.82) is 0 Å². The van der Waals surface area contributed by atoms with E-state index in [1.807, 2.05) is 17.7 Å². The molecule has 1 heterocycles. The Kier molecular flexibility index (Phi) is 3.02. The van der Waals surface area contributed by atoms with Crippen LogP contribution in [0.4, 0.5) is 0 Å². The van der Waals surface area contributed by atoms with E-state index in [0.29, 0.717) is 6.42 Å². The second-order valence-corrected chi connectivity index (χ2v) is 2.84. The minimum atomic E-state index is -0.646. The topological polar surface area (TPSA) is 86.9 Å². The molecule has 1 aromatic rings. The number of nitrogens with two attached hydrogens (primary N) is 2. The van der Waals surface area contributed by atoms with Gasteiger partial charge in [0.05, 0.1) is 6.04 Å². The summed E-state index contributed by atoms with van der Waals surface area (Å²) in [5, 5.41) is 0. The van der Waals surface area contributed by atoms with E-state index in [2.05, 4.69) is 4.98 Å². The molecule has 1 rings (SSSR count). The normalized spacial score (nSPS) is 12.8. The lowest BCUT2D eigenvalue weighted by Crippen LogP contribution is -2.38. The first kappa shape index (κ1) is 9.73. The minimum absolute atomic E-state index is 0.399. The van der Waals surface area contributed by atoms with Gasteiger partial charge < -0.3 is 16.0 Å². The maximum Gasteiger partial charge on any atom is 0.234 e. The van der Waals surface area contributed by atoms with Crippen LogP contribution in [0.15, 0.2) is 12.4 Å². The van der Waals surface area contributed by atoms with Gasteiger partial charge in [-0.3, -0.25) is 4.79 Å². The number of hydrogen-bond donors (Lipinski definition) is 2. The fourth-order valence-corrected chi connectivity index (χ4v) is 1.12. The van der Waals surface area contributed by atoms with Gasteiger partial charge in [-0.05, 0) is 6.92 Å². The molecule has 1 amide bonds. The minimum Gasteiger partial charge on any atom is -0.368 e. The van der Waals surface area contributed by atoms with Crippen molar-refractivity contribution in [3.8, 4) is 0 Å². The molecule has 0 spiro atoms. The van der Waals surface area contributed by atoms with E-state index in [9.17, 15) is 4.79 Å². The Hall–Kier alpha value is -1.36. The van der Waals surface area contributed by atoms with Gasteiger partial charge in [-0.15, -0.1) is 0 Å². The van der Waals surface area contributed by atoms with Crippen molar-refractivity contribution in [3.05, 3.63) is 18.2 Å². The van der Waals surface area contributed by atoms with Crippen LogP contribution in [0.2, 0.25) is 0 Å². The summed E-state index contributed by atoms with van der Waals surface area (Å²) < 4.78 is 1.93. The van der Waals surface area contributed by atoms with Gasteiger partial charge in [-0.25, -0.2) is 4.98 Å². The maximum absolute atomic E-state index is 10.7. The lowest BCUT2D eigenvalue weighted by Gasteiger charge is -2.08. The molecule has 5 heteroatoms. The molecule has 72 valence electrons. The molecule has 4 N–H and O–H groups in total. The van der Waals surface area contributed by atoms with Crippen LogP contribution in [0.5, 0.6) is 0 Å². The summed E-state index contributed by atoms with van der Waals surface area (Å²) in [6, 6.07) is -0.646. The first-order valence-corrected chi connectivity index (χ1v) is 4.20. The molecule has 0 bridgehead atoms. The highest BCUT2D eigenvalue weighted by Gasteiger charge is 2.12. The lowest BCUT2D eigenvalue weighted by molar-refractivity contribution is -0.119. The van der Waals surface area contributed by atoms with Crippen molar-refractivity contribution < 1.29 is 4.79 Å². The van der Waals surface area contributed by atoms with E-state index < -0.39 is 11.9 Å². The highest BCUT2D eigenvalue weighted by atomic mass is 16.1. The number of carbonyl (C=O) groups is 1. The third kappa shape index (κ3) is 2.29. The van der Waals surface area contributed by atoms with E-state index in [-0.39, 0.29) is 0 Å². The summed E-state index contributed by atoms with van der Waals surface area (Å²) in [7, 11) is 0. The summed E-state index contributed by atoms with van der Waals surface area (Å²) in [6.07, 6.45) is 3.94. The summed E-state index contributed by atoms with van der Waals surface area (Å²) in [5.41, 5.74) is 10.5. The number of nitrogens with zero attached hydrogens (tertiary/aromatic N) is 2. The Morgan fingerprint density at radius 1 is 1.77 bits per heavy atom. The van der Waals surface area contributed by atoms with Crippen LogP contribution in [0.3, 0.4) is 0 Å². The van der Waals surface area contributed by atoms with Gasteiger partial charge in [0.2, 0.25) is 5.91 Å². The van der Waals surface area contributed by atoms with Crippen LogP contribution in [-0.2, 0) is 17.8 Å². The number of rotatable bonds is 4. The Bertz CT molecular complexity index is 294. The second kappa shape index (κ2) is 4.04. The average molecular weight is 182 g/mol. The summed E-state index contributed by atoms with van der Waals surface area (Å²) >= 11 is 0. The van der Waals surface area contributed by atoms with Crippen molar-refractivity contribution in [2.45, 2.75) is 25.9 Å². The largest absolute Gasteiger partial charge is 0.368 e. The van der Waals surface area contributed by atoms with Gasteiger partial charge in [0.15, 0.2) is 0 Å². The molecule has 0 radical (unpaired) electrons. The number of primary amides is 1.